The second-order valence-electron chi connectivity index (χ2n) is 10.4. The van der Waals surface area contributed by atoms with E-state index in [-0.39, 0.29) is 43.8 Å². The number of carbonyl (C=O) groups is 2. The Kier molecular flexibility index (Phi) is 12.7. The Morgan fingerprint density at radius 3 is 2.35 bits per heavy atom. The quantitative estimate of drug-likeness (QED) is 0.215. The zero-order valence-corrected chi connectivity index (χ0v) is 27.3. The second-order valence-corrected chi connectivity index (χ2v) is 13.2. The van der Waals surface area contributed by atoms with Crippen molar-refractivity contribution in [3.8, 4) is 5.75 Å². The lowest BCUT2D eigenvalue weighted by atomic mass is 10.0. The van der Waals surface area contributed by atoms with E-state index in [2.05, 4.69) is 5.32 Å². The van der Waals surface area contributed by atoms with Gasteiger partial charge in [-0.2, -0.15) is 0 Å². The van der Waals surface area contributed by atoms with Crippen molar-refractivity contribution in [2.24, 2.45) is 0 Å². The van der Waals surface area contributed by atoms with E-state index in [0.717, 1.165) is 18.2 Å². The molecule has 232 valence electrons. The summed E-state index contributed by atoms with van der Waals surface area (Å²) in [7, 11) is -2.14. The van der Waals surface area contributed by atoms with Gasteiger partial charge in [0.15, 0.2) is 0 Å². The molecule has 11 heteroatoms. The number of carbonyl (C=O) groups excluding carboxylic acids is 2. The second kappa shape index (κ2) is 16.0. The Morgan fingerprint density at radius 2 is 1.72 bits per heavy atom. The summed E-state index contributed by atoms with van der Waals surface area (Å²) in [5.41, 5.74) is 1.98. The molecule has 0 radical (unpaired) electrons. The molecule has 1 N–H and O–H groups in total. The lowest BCUT2D eigenvalue weighted by Gasteiger charge is -2.33. The van der Waals surface area contributed by atoms with Crippen LogP contribution in [0.4, 0.5) is 5.69 Å². The first-order valence-corrected chi connectivity index (χ1v) is 16.7. The summed E-state index contributed by atoms with van der Waals surface area (Å²) < 4.78 is 31.9. The minimum Gasteiger partial charge on any atom is -0.497 e. The summed E-state index contributed by atoms with van der Waals surface area (Å²) in [5.74, 6) is -0.0551. The molecule has 0 aliphatic heterocycles. The predicted molar refractivity (Wildman–Crippen MR) is 173 cm³/mol. The molecule has 3 aromatic carbocycles. The molecule has 0 bridgehead atoms. The van der Waals surface area contributed by atoms with Crippen molar-refractivity contribution in [1.29, 1.82) is 0 Å². The fourth-order valence-corrected chi connectivity index (χ4v) is 6.02. The van der Waals surface area contributed by atoms with Crippen LogP contribution in [0.3, 0.4) is 0 Å². The first-order valence-electron chi connectivity index (χ1n) is 14.1. The van der Waals surface area contributed by atoms with Gasteiger partial charge in [-0.1, -0.05) is 72.6 Å². The molecule has 0 aliphatic carbocycles. The number of rotatable bonds is 15. The average Bonchev–Trinajstić information content (AvgIpc) is 2.97. The molecule has 0 heterocycles. The number of anilines is 1. The van der Waals surface area contributed by atoms with E-state index in [1.807, 2.05) is 44.2 Å². The maximum absolute atomic E-state index is 14.0. The van der Waals surface area contributed by atoms with Crippen LogP contribution in [0.5, 0.6) is 5.75 Å². The molecule has 0 saturated heterocycles. The highest BCUT2D eigenvalue weighted by atomic mass is 35.5. The zero-order chi connectivity index (χ0) is 31.6. The van der Waals surface area contributed by atoms with Gasteiger partial charge in [0.05, 0.1) is 19.1 Å². The topological polar surface area (TPSA) is 96.0 Å². The van der Waals surface area contributed by atoms with Crippen LogP contribution in [-0.2, 0) is 32.6 Å². The van der Waals surface area contributed by atoms with Crippen molar-refractivity contribution in [3.05, 3.63) is 94.0 Å². The molecule has 3 rings (SSSR count). The Morgan fingerprint density at radius 1 is 1.00 bits per heavy atom. The van der Waals surface area contributed by atoms with Gasteiger partial charge in [-0.25, -0.2) is 8.42 Å². The molecule has 0 aliphatic rings. The third-order valence-electron chi connectivity index (χ3n) is 7.12. The number of benzene rings is 3. The molecule has 8 nitrogen and oxygen atoms in total. The minimum atomic E-state index is -3.65. The highest BCUT2D eigenvalue weighted by Gasteiger charge is 2.31. The average molecular weight is 649 g/mol. The smallest absolute Gasteiger partial charge is 0.243 e. The normalized spacial score (nSPS) is 12.7. The van der Waals surface area contributed by atoms with Gasteiger partial charge in [0.25, 0.3) is 0 Å². The fourth-order valence-electron chi connectivity index (χ4n) is 4.60. The SMILES string of the molecule is CC[C@H](C)NC(=O)[C@H](Cc1ccccc1)N(Cc1ccc(Cl)cc1Cl)C(=O)CCCN(c1cccc(OC)c1)S(C)(=O)=O. The molecular weight excluding hydrogens is 609 g/mol. The van der Waals surface area contributed by atoms with E-state index in [1.165, 1.54) is 16.3 Å². The first-order chi connectivity index (χ1) is 20.4. The van der Waals surface area contributed by atoms with E-state index >= 15 is 0 Å². The Bertz CT molecular complexity index is 1490. The third kappa shape index (κ3) is 10.2. The summed E-state index contributed by atoms with van der Waals surface area (Å²) in [4.78, 5) is 29.2. The number of hydrogen-bond acceptors (Lipinski definition) is 5. The van der Waals surface area contributed by atoms with Crippen LogP contribution in [0.25, 0.3) is 0 Å². The van der Waals surface area contributed by atoms with Gasteiger partial charge in [0.1, 0.15) is 11.8 Å². The van der Waals surface area contributed by atoms with Crippen molar-refractivity contribution in [2.45, 2.75) is 58.2 Å². The molecule has 3 aromatic rings. The van der Waals surface area contributed by atoms with Crippen LogP contribution in [0, 0.1) is 0 Å². The number of nitrogens with one attached hydrogen (secondary N) is 1. The highest BCUT2D eigenvalue weighted by Crippen LogP contribution is 2.26. The van der Waals surface area contributed by atoms with E-state index in [4.69, 9.17) is 27.9 Å². The number of amides is 2. The van der Waals surface area contributed by atoms with E-state index in [0.29, 0.717) is 33.5 Å². The van der Waals surface area contributed by atoms with Crippen molar-refractivity contribution in [1.82, 2.24) is 10.2 Å². The summed E-state index contributed by atoms with van der Waals surface area (Å²) in [6.07, 6.45) is 2.37. The maximum Gasteiger partial charge on any atom is 0.243 e. The molecular formula is C32H39Cl2N3O5S. The summed E-state index contributed by atoms with van der Waals surface area (Å²) >= 11 is 12.6. The van der Waals surface area contributed by atoms with Crippen LogP contribution >= 0.6 is 23.2 Å². The molecule has 2 amide bonds. The van der Waals surface area contributed by atoms with Crippen molar-refractivity contribution in [2.75, 3.05) is 24.2 Å². The summed E-state index contributed by atoms with van der Waals surface area (Å²) in [5, 5.41) is 3.88. The van der Waals surface area contributed by atoms with Gasteiger partial charge in [-0.05, 0) is 55.2 Å². The molecule has 0 saturated carbocycles. The largest absolute Gasteiger partial charge is 0.497 e. The van der Waals surface area contributed by atoms with Crippen molar-refractivity contribution >= 4 is 50.7 Å². The van der Waals surface area contributed by atoms with Gasteiger partial charge < -0.3 is 15.0 Å². The number of hydrogen-bond donors (Lipinski definition) is 1. The zero-order valence-electron chi connectivity index (χ0n) is 24.9. The van der Waals surface area contributed by atoms with E-state index in [9.17, 15) is 18.0 Å². The minimum absolute atomic E-state index is 0.00307. The predicted octanol–water partition coefficient (Wildman–Crippen LogP) is 6.10. The van der Waals surface area contributed by atoms with Crippen molar-refractivity contribution in [3.63, 3.8) is 0 Å². The number of nitrogens with zero attached hydrogens (tertiary/aromatic N) is 2. The number of methoxy groups -OCH3 is 1. The van der Waals surface area contributed by atoms with E-state index in [1.54, 1.807) is 42.5 Å². The van der Waals surface area contributed by atoms with Crippen molar-refractivity contribution < 1.29 is 22.7 Å². The molecule has 0 aromatic heterocycles. The summed E-state index contributed by atoms with van der Waals surface area (Å²) in [6.45, 7) is 4.03. The first kappa shape index (κ1) is 34.2. The van der Waals surface area contributed by atoms with Gasteiger partial charge in [0, 0.05) is 48.1 Å². The van der Waals surface area contributed by atoms with Crippen LogP contribution in [0.15, 0.2) is 72.8 Å². The van der Waals surface area contributed by atoms with Gasteiger partial charge in [-0.3, -0.25) is 13.9 Å². The molecule has 43 heavy (non-hydrogen) atoms. The molecule has 0 spiro atoms. The maximum atomic E-state index is 14.0. The van der Waals surface area contributed by atoms with Gasteiger partial charge in [-0.15, -0.1) is 0 Å². The Balaban J connectivity index is 1.92. The Hall–Kier alpha value is -3.27. The third-order valence-corrected chi connectivity index (χ3v) is 8.90. The number of halogens is 2. The number of sulfonamides is 1. The molecule has 0 unspecified atom stereocenters. The standard InChI is InChI=1S/C32H39Cl2N3O5S/c1-5-23(2)35-32(39)30(19-24-11-7-6-8-12-24)36(22-25-16-17-26(33)20-29(25)34)31(38)15-10-18-37(43(4,40)41)27-13-9-14-28(21-27)42-3/h6-9,11-14,16-17,20-21,23,30H,5,10,15,18-19,22H2,1-4H3,(H,35,39)/t23-,30-/m0/s1. The lowest BCUT2D eigenvalue weighted by Crippen LogP contribution is -2.52. The number of ether oxygens (including phenoxy) is 1. The van der Waals surface area contributed by atoms with Crippen LogP contribution in [0.1, 0.15) is 44.2 Å². The highest BCUT2D eigenvalue weighted by molar-refractivity contribution is 7.92. The van der Waals surface area contributed by atoms with Gasteiger partial charge >= 0.3 is 0 Å². The van der Waals surface area contributed by atoms with E-state index < -0.39 is 16.1 Å². The molecule has 0 fully saturated rings. The lowest BCUT2D eigenvalue weighted by molar-refractivity contribution is -0.141. The Labute approximate surface area is 265 Å². The van der Waals surface area contributed by atoms with Gasteiger partial charge in [0.2, 0.25) is 21.8 Å². The fraction of sp³-hybridized carbons (Fsp3) is 0.375. The monoisotopic (exact) mass is 647 g/mol. The van der Waals surface area contributed by atoms with Crippen LogP contribution in [0.2, 0.25) is 10.0 Å². The van der Waals surface area contributed by atoms with Crippen LogP contribution in [-0.4, -0.2) is 57.1 Å². The van der Waals surface area contributed by atoms with Crippen LogP contribution < -0.4 is 14.4 Å². The molecule has 2 atom stereocenters. The summed E-state index contributed by atoms with van der Waals surface area (Å²) in [6, 6.07) is 20.4.